The number of H-pyrrole nitrogens is 2. The van der Waals surface area contributed by atoms with Crippen molar-refractivity contribution in [3.8, 4) is 0 Å². The van der Waals surface area contributed by atoms with Crippen LogP contribution in [0, 0.1) is 6.92 Å². The Balaban J connectivity index is 2.06. The topological polar surface area (TPSA) is 94.8 Å². The average Bonchev–Trinajstić information content (AvgIpc) is 2.79. The van der Waals surface area contributed by atoms with Crippen LogP contribution in [-0.4, -0.2) is 18.4 Å². The lowest BCUT2D eigenvalue weighted by Gasteiger charge is -2.10. The Hall–Kier alpha value is -2.25. The zero-order valence-corrected chi connectivity index (χ0v) is 13.0. The number of aromatic amines is 2. The maximum atomic E-state index is 12.5. The van der Waals surface area contributed by atoms with Gasteiger partial charge in [0.25, 0.3) is 10.0 Å². The zero-order valence-electron chi connectivity index (χ0n) is 11.5. The first-order valence-electron chi connectivity index (χ1n) is 6.36. The number of benzene rings is 2. The van der Waals surface area contributed by atoms with E-state index in [1.165, 1.54) is 12.1 Å². The SMILES string of the molecule is Cc1ccc(NS(=O)(=O)c2cc3[nH]c(=O)[nH]c3cc2Cl)cc1. The molecular formula is C14H12ClN3O3S. The Kier molecular flexibility index (Phi) is 3.46. The molecule has 0 bridgehead atoms. The number of aromatic nitrogens is 2. The number of nitrogens with one attached hydrogen (secondary N) is 3. The van der Waals surface area contributed by atoms with Gasteiger partial charge in [-0.15, -0.1) is 0 Å². The number of fused-ring (bicyclic) bond motifs is 1. The summed E-state index contributed by atoms with van der Waals surface area (Å²) in [7, 11) is -3.86. The van der Waals surface area contributed by atoms with E-state index in [-0.39, 0.29) is 9.92 Å². The second kappa shape index (κ2) is 5.19. The lowest BCUT2D eigenvalue weighted by molar-refractivity contribution is 0.601. The first-order chi connectivity index (χ1) is 10.3. The van der Waals surface area contributed by atoms with Crippen LogP contribution < -0.4 is 10.4 Å². The van der Waals surface area contributed by atoms with Gasteiger partial charge in [0.15, 0.2) is 0 Å². The van der Waals surface area contributed by atoms with E-state index in [4.69, 9.17) is 11.6 Å². The van der Waals surface area contributed by atoms with Gasteiger partial charge in [-0.2, -0.15) is 0 Å². The molecule has 3 aromatic rings. The Morgan fingerprint density at radius 1 is 1.05 bits per heavy atom. The Morgan fingerprint density at radius 2 is 1.64 bits per heavy atom. The van der Waals surface area contributed by atoms with Crippen LogP contribution in [0.15, 0.2) is 46.1 Å². The van der Waals surface area contributed by atoms with Crippen LogP contribution in [0.3, 0.4) is 0 Å². The van der Waals surface area contributed by atoms with E-state index in [0.29, 0.717) is 16.7 Å². The van der Waals surface area contributed by atoms with E-state index in [1.54, 1.807) is 24.3 Å². The molecule has 0 atom stereocenters. The maximum Gasteiger partial charge on any atom is 0.323 e. The fourth-order valence-electron chi connectivity index (χ4n) is 2.07. The Labute approximate surface area is 131 Å². The predicted octanol–water partition coefficient (Wildman–Crippen LogP) is 2.62. The lowest BCUT2D eigenvalue weighted by atomic mass is 10.2. The monoisotopic (exact) mass is 337 g/mol. The smallest absolute Gasteiger partial charge is 0.306 e. The van der Waals surface area contributed by atoms with Crippen molar-refractivity contribution in [1.82, 2.24) is 9.97 Å². The van der Waals surface area contributed by atoms with Gasteiger partial charge < -0.3 is 9.97 Å². The molecule has 2 aromatic carbocycles. The van der Waals surface area contributed by atoms with Crippen molar-refractivity contribution in [3.63, 3.8) is 0 Å². The molecule has 0 spiro atoms. The molecule has 3 rings (SSSR count). The molecule has 0 aliphatic rings. The number of hydrogen-bond donors (Lipinski definition) is 3. The number of sulfonamides is 1. The number of rotatable bonds is 3. The number of imidazole rings is 1. The third-order valence-corrected chi connectivity index (χ3v) is 5.01. The van der Waals surface area contributed by atoms with Crippen LogP contribution >= 0.6 is 11.6 Å². The fourth-order valence-corrected chi connectivity index (χ4v) is 3.69. The molecule has 0 amide bonds. The molecule has 0 aliphatic carbocycles. The van der Waals surface area contributed by atoms with Crippen LogP contribution in [0.1, 0.15) is 5.56 Å². The van der Waals surface area contributed by atoms with Crippen molar-refractivity contribution >= 4 is 38.3 Å². The molecule has 0 aliphatic heterocycles. The molecule has 0 saturated carbocycles. The standard InChI is InChI=1S/C14H12ClN3O3S/c1-8-2-4-9(5-3-8)18-22(20,21)13-7-12-11(6-10(13)15)16-14(19)17-12/h2-7,18H,1H3,(H2,16,17,19). The first-order valence-corrected chi connectivity index (χ1v) is 8.22. The minimum atomic E-state index is -3.86. The van der Waals surface area contributed by atoms with E-state index in [0.717, 1.165) is 5.56 Å². The second-order valence-corrected chi connectivity index (χ2v) is 6.94. The van der Waals surface area contributed by atoms with Crippen molar-refractivity contribution < 1.29 is 8.42 Å². The molecule has 0 fully saturated rings. The molecule has 22 heavy (non-hydrogen) atoms. The Bertz CT molecular complexity index is 1000. The van der Waals surface area contributed by atoms with E-state index in [1.807, 2.05) is 6.92 Å². The largest absolute Gasteiger partial charge is 0.323 e. The lowest BCUT2D eigenvalue weighted by Crippen LogP contribution is -2.13. The highest BCUT2D eigenvalue weighted by Crippen LogP contribution is 2.27. The molecule has 6 nitrogen and oxygen atoms in total. The third kappa shape index (κ3) is 2.72. The highest BCUT2D eigenvalue weighted by molar-refractivity contribution is 7.92. The predicted molar refractivity (Wildman–Crippen MR) is 85.9 cm³/mol. The number of hydrogen-bond acceptors (Lipinski definition) is 3. The van der Waals surface area contributed by atoms with Gasteiger partial charge >= 0.3 is 5.69 Å². The van der Waals surface area contributed by atoms with Gasteiger partial charge in [0.2, 0.25) is 0 Å². The highest BCUT2D eigenvalue weighted by Gasteiger charge is 2.19. The van der Waals surface area contributed by atoms with Gasteiger partial charge in [0.1, 0.15) is 4.90 Å². The maximum absolute atomic E-state index is 12.5. The van der Waals surface area contributed by atoms with Gasteiger partial charge in [0.05, 0.1) is 16.1 Å². The molecule has 114 valence electrons. The molecular weight excluding hydrogens is 326 g/mol. The van der Waals surface area contributed by atoms with E-state index in [2.05, 4.69) is 14.7 Å². The summed E-state index contributed by atoms with van der Waals surface area (Å²) < 4.78 is 27.4. The van der Waals surface area contributed by atoms with Crippen LogP contribution in [0.4, 0.5) is 5.69 Å². The van der Waals surface area contributed by atoms with E-state index >= 15 is 0 Å². The molecule has 0 saturated heterocycles. The molecule has 8 heteroatoms. The minimum absolute atomic E-state index is 0.0300. The minimum Gasteiger partial charge on any atom is -0.306 e. The molecule has 3 N–H and O–H groups in total. The van der Waals surface area contributed by atoms with Crippen LogP contribution in [0.2, 0.25) is 5.02 Å². The van der Waals surface area contributed by atoms with Crippen molar-refractivity contribution in [3.05, 3.63) is 57.5 Å². The van der Waals surface area contributed by atoms with Gasteiger partial charge in [0, 0.05) is 5.69 Å². The quantitative estimate of drug-likeness (QED) is 0.685. The van der Waals surface area contributed by atoms with Gasteiger partial charge in [-0.05, 0) is 31.2 Å². The van der Waals surface area contributed by atoms with Gasteiger partial charge in [-0.25, -0.2) is 13.2 Å². The normalized spacial score (nSPS) is 11.7. The van der Waals surface area contributed by atoms with Crippen molar-refractivity contribution in [2.24, 2.45) is 0 Å². The summed E-state index contributed by atoms with van der Waals surface area (Å²) in [5.41, 5.74) is 1.85. The van der Waals surface area contributed by atoms with E-state index < -0.39 is 15.7 Å². The fraction of sp³-hybridized carbons (Fsp3) is 0.0714. The summed E-state index contributed by atoms with van der Waals surface area (Å²) in [4.78, 5) is 16.2. The number of aryl methyl sites for hydroxylation is 1. The van der Waals surface area contributed by atoms with Crippen LogP contribution in [0.5, 0.6) is 0 Å². The first kappa shape index (κ1) is 14.7. The molecule has 1 aromatic heterocycles. The summed E-state index contributed by atoms with van der Waals surface area (Å²) >= 11 is 6.03. The summed E-state index contributed by atoms with van der Waals surface area (Å²) in [5, 5.41) is 0.0300. The number of anilines is 1. The summed E-state index contributed by atoms with van der Waals surface area (Å²) in [6.07, 6.45) is 0. The van der Waals surface area contributed by atoms with Gasteiger partial charge in [-0.3, -0.25) is 4.72 Å². The molecule has 1 heterocycles. The summed E-state index contributed by atoms with van der Waals surface area (Å²) in [6, 6.07) is 9.65. The zero-order chi connectivity index (χ0) is 15.9. The Morgan fingerprint density at radius 3 is 2.27 bits per heavy atom. The second-order valence-electron chi connectivity index (χ2n) is 4.88. The van der Waals surface area contributed by atoms with Crippen molar-refractivity contribution in [2.75, 3.05) is 4.72 Å². The van der Waals surface area contributed by atoms with Crippen molar-refractivity contribution in [1.29, 1.82) is 0 Å². The molecule has 0 unspecified atom stereocenters. The van der Waals surface area contributed by atoms with Crippen molar-refractivity contribution in [2.45, 2.75) is 11.8 Å². The average molecular weight is 338 g/mol. The summed E-state index contributed by atoms with van der Waals surface area (Å²) in [6.45, 7) is 1.91. The van der Waals surface area contributed by atoms with Gasteiger partial charge in [-0.1, -0.05) is 29.3 Å². The summed E-state index contributed by atoms with van der Waals surface area (Å²) in [5.74, 6) is 0. The van der Waals surface area contributed by atoms with Crippen LogP contribution in [0.25, 0.3) is 11.0 Å². The third-order valence-electron chi connectivity index (χ3n) is 3.16. The molecule has 0 radical (unpaired) electrons. The highest BCUT2D eigenvalue weighted by atomic mass is 35.5. The van der Waals surface area contributed by atoms with Crippen LogP contribution in [-0.2, 0) is 10.0 Å². The number of halogens is 1. The van der Waals surface area contributed by atoms with E-state index in [9.17, 15) is 13.2 Å².